The molecule has 2 aromatic carbocycles. The van der Waals surface area contributed by atoms with Crippen LogP contribution in [0.25, 0.3) is 22.2 Å². The van der Waals surface area contributed by atoms with Crippen molar-refractivity contribution in [3.63, 3.8) is 0 Å². The number of ether oxygens (including phenoxy) is 2. The van der Waals surface area contributed by atoms with Gasteiger partial charge >= 0.3 is 5.76 Å². The van der Waals surface area contributed by atoms with Crippen LogP contribution in [-0.4, -0.2) is 66.5 Å². The van der Waals surface area contributed by atoms with Crippen LogP contribution in [0.3, 0.4) is 0 Å². The van der Waals surface area contributed by atoms with Gasteiger partial charge in [-0.25, -0.2) is 4.79 Å². The van der Waals surface area contributed by atoms with Gasteiger partial charge in [0.05, 0.1) is 30.8 Å². The molecule has 2 aliphatic rings. The van der Waals surface area contributed by atoms with Crippen molar-refractivity contribution in [2.45, 2.75) is 31.0 Å². The Labute approximate surface area is 202 Å². The molecular weight excluding hydrogens is 448 g/mol. The maximum absolute atomic E-state index is 12.9. The smallest absolute Gasteiger partial charge is 0.408 e. The molecule has 0 spiro atoms. The van der Waals surface area contributed by atoms with Crippen molar-refractivity contribution in [1.29, 1.82) is 5.26 Å². The zero-order valence-electron chi connectivity index (χ0n) is 19.6. The lowest BCUT2D eigenvalue weighted by molar-refractivity contribution is -0.135. The van der Waals surface area contributed by atoms with Gasteiger partial charge in [0.2, 0.25) is 0 Å². The van der Waals surface area contributed by atoms with Crippen LogP contribution in [0.2, 0.25) is 0 Å². The summed E-state index contributed by atoms with van der Waals surface area (Å²) < 4.78 is 17.7. The second-order valence-corrected chi connectivity index (χ2v) is 9.10. The summed E-state index contributed by atoms with van der Waals surface area (Å²) in [7, 11) is 1.68. The van der Waals surface area contributed by atoms with Crippen molar-refractivity contribution in [1.82, 2.24) is 14.8 Å². The Bertz CT molecular complexity index is 1300. The number of nitrogens with zero attached hydrogens (tertiary/aromatic N) is 3. The summed E-state index contributed by atoms with van der Waals surface area (Å²) in [6.07, 6.45) is 0.674. The quantitative estimate of drug-likeness (QED) is 0.578. The fourth-order valence-electron chi connectivity index (χ4n) is 4.54. The topological polar surface area (TPSA) is 110 Å². The molecule has 0 radical (unpaired) electrons. The van der Waals surface area contributed by atoms with Gasteiger partial charge in [-0.15, -0.1) is 0 Å². The van der Waals surface area contributed by atoms with Crippen LogP contribution in [0.1, 0.15) is 12.0 Å². The predicted molar refractivity (Wildman–Crippen MR) is 129 cm³/mol. The minimum atomic E-state index is -0.655. The lowest BCUT2D eigenvalue weighted by Gasteiger charge is -2.37. The molecule has 0 aliphatic carbocycles. The van der Waals surface area contributed by atoms with Crippen LogP contribution >= 0.6 is 0 Å². The number of rotatable bonds is 6. The normalized spacial score (nSPS) is 20.1. The van der Waals surface area contributed by atoms with Gasteiger partial charge in [-0.1, -0.05) is 30.3 Å². The van der Waals surface area contributed by atoms with Gasteiger partial charge in [0, 0.05) is 33.2 Å². The molecule has 2 atom stereocenters. The lowest BCUT2D eigenvalue weighted by Crippen LogP contribution is -2.54. The molecule has 0 bridgehead atoms. The fraction of sp³-hybridized carbons (Fsp3) is 0.423. The lowest BCUT2D eigenvalue weighted by atomic mass is 10.0. The number of oxazole rings is 1. The third-order valence-electron chi connectivity index (χ3n) is 6.73. The average molecular weight is 477 g/mol. The first-order valence-electron chi connectivity index (χ1n) is 11.8. The Morgan fingerprint density at radius 2 is 1.97 bits per heavy atom. The molecule has 0 saturated carbocycles. The minimum Gasteiger partial charge on any atom is -0.408 e. The number of hydrogen-bond acceptors (Lipinski definition) is 7. The van der Waals surface area contributed by atoms with Gasteiger partial charge in [-0.3, -0.25) is 14.3 Å². The summed E-state index contributed by atoms with van der Waals surface area (Å²) in [5, 5.41) is 12.5. The monoisotopic (exact) mass is 476 g/mol. The Balaban J connectivity index is 1.22. The Kier molecular flexibility index (Phi) is 6.68. The van der Waals surface area contributed by atoms with Crippen molar-refractivity contribution in [2.75, 3.05) is 32.9 Å². The molecule has 1 aromatic heterocycles. The number of benzene rings is 2. The molecule has 5 rings (SSSR count). The summed E-state index contributed by atoms with van der Waals surface area (Å²) in [4.78, 5) is 26.9. The van der Waals surface area contributed by atoms with Gasteiger partial charge in [0.15, 0.2) is 5.58 Å². The van der Waals surface area contributed by atoms with Crippen LogP contribution < -0.4 is 11.1 Å². The van der Waals surface area contributed by atoms with Crippen molar-refractivity contribution in [2.24, 2.45) is 7.05 Å². The van der Waals surface area contributed by atoms with E-state index in [-0.39, 0.29) is 5.91 Å². The van der Waals surface area contributed by atoms with Crippen LogP contribution in [-0.2, 0) is 27.7 Å². The summed E-state index contributed by atoms with van der Waals surface area (Å²) in [5.74, 6) is -0.643. The first-order chi connectivity index (χ1) is 17.0. The number of amides is 1. The molecule has 1 amide bonds. The second-order valence-electron chi connectivity index (χ2n) is 9.10. The number of fused-ring (bicyclic) bond motifs is 1. The summed E-state index contributed by atoms with van der Waals surface area (Å²) >= 11 is 0. The molecule has 2 aliphatic heterocycles. The van der Waals surface area contributed by atoms with Gasteiger partial charge in [0.1, 0.15) is 12.1 Å². The highest BCUT2D eigenvalue weighted by molar-refractivity contribution is 5.82. The van der Waals surface area contributed by atoms with E-state index in [1.807, 2.05) is 36.4 Å². The van der Waals surface area contributed by atoms with Crippen LogP contribution in [0.4, 0.5) is 0 Å². The maximum atomic E-state index is 12.9. The van der Waals surface area contributed by atoms with Gasteiger partial charge in [-0.05, 0) is 35.2 Å². The van der Waals surface area contributed by atoms with E-state index in [2.05, 4.69) is 16.3 Å². The molecule has 0 unspecified atom stereocenters. The highest BCUT2D eigenvalue weighted by Crippen LogP contribution is 2.24. The molecule has 1 N–H and O–H groups in total. The third kappa shape index (κ3) is 5.00. The molecular formula is C26H28N4O5. The van der Waals surface area contributed by atoms with Crippen LogP contribution in [0, 0.1) is 11.3 Å². The maximum Gasteiger partial charge on any atom is 0.419 e. The average Bonchev–Trinajstić information content (AvgIpc) is 2.99. The Morgan fingerprint density at radius 1 is 1.20 bits per heavy atom. The highest BCUT2D eigenvalue weighted by atomic mass is 16.5. The molecule has 2 saturated heterocycles. The first-order valence-corrected chi connectivity index (χ1v) is 11.8. The minimum absolute atomic E-state index is 0.251. The van der Waals surface area contributed by atoms with E-state index in [4.69, 9.17) is 13.9 Å². The zero-order chi connectivity index (χ0) is 24.4. The number of carbonyl (C=O) groups excluding carboxylic acids is 1. The van der Waals surface area contributed by atoms with Crippen LogP contribution in [0.5, 0.6) is 0 Å². The molecule has 182 valence electrons. The molecule has 3 aromatic rings. The Morgan fingerprint density at radius 3 is 2.69 bits per heavy atom. The van der Waals surface area contributed by atoms with Crippen molar-refractivity contribution in [3.8, 4) is 17.2 Å². The largest absolute Gasteiger partial charge is 0.419 e. The van der Waals surface area contributed by atoms with E-state index >= 15 is 0 Å². The zero-order valence-corrected chi connectivity index (χ0v) is 19.6. The van der Waals surface area contributed by atoms with Gasteiger partial charge in [0.25, 0.3) is 5.91 Å². The van der Waals surface area contributed by atoms with E-state index in [1.54, 1.807) is 13.1 Å². The summed E-state index contributed by atoms with van der Waals surface area (Å²) in [6, 6.07) is 15.3. The summed E-state index contributed by atoms with van der Waals surface area (Å²) in [6.45, 7) is 3.31. The number of hydrogen-bond donors (Lipinski definition) is 1. The standard InChI is InChI=1S/C26H28N4O5/c1-29-22-12-19(7-8-23(22)35-26(29)32)18-5-3-17(4-6-18)11-20(13-27)28-25(31)24-14-30(9-2-10-34-24)21-15-33-16-21/h3-8,12,20-21,24H,2,9-11,14-16H2,1H3,(H,28,31)/t20-,24-/m0/s1. The van der Waals surface area contributed by atoms with Crippen molar-refractivity contribution >= 4 is 17.0 Å². The number of aromatic nitrogens is 1. The van der Waals surface area contributed by atoms with E-state index in [1.165, 1.54) is 4.57 Å². The predicted octanol–water partition coefficient (Wildman–Crippen LogP) is 1.84. The van der Waals surface area contributed by atoms with Crippen LogP contribution in [0.15, 0.2) is 51.7 Å². The Hall–Kier alpha value is -3.45. The van der Waals surface area contributed by atoms with Gasteiger partial charge < -0.3 is 19.2 Å². The SMILES string of the molecule is Cn1c(=O)oc2ccc(-c3ccc(C[C@@H](C#N)NC(=O)[C@@H]4CN(C5COC5)CCCO4)cc3)cc21. The number of nitriles is 1. The number of nitrogens with one attached hydrogen (secondary N) is 1. The van der Waals surface area contributed by atoms with E-state index < -0.39 is 17.9 Å². The molecule has 3 heterocycles. The molecule has 9 heteroatoms. The number of aryl methyl sites for hydroxylation is 1. The number of carbonyl (C=O) groups is 1. The highest BCUT2D eigenvalue weighted by Gasteiger charge is 2.33. The van der Waals surface area contributed by atoms with Gasteiger partial charge in [-0.2, -0.15) is 5.26 Å². The van der Waals surface area contributed by atoms with E-state index in [0.29, 0.717) is 44.4 Å². The molecule has 35 heavy (non-hydrogen) atoms. The third-order valence-corrected chi connectivity index (χ3v) is 6.73. The van der Waals surface area contributed by atoms with Crippen molar-refractivity contribution < 1.29 is 18.7 Å². The fourth-order valence-corrected chi connectivity index (χ4v) is 4.54. The van der Waals surface area contributed by atoms with Crippen molar-refractivity contribution in [3.05, 3.63) is 58.6 Å². The van der Waals surface area contributed by atoms with E-state index in [0.717, 1.165) is 35.2 Å². The molecule has 9 nitrogen and oxygen atoms in total. The first kappa shape index (κ1) is 23.3. The second kappa shape index (κ2) is 10.0. The molecule has 2 fully saturated rings. The van der Waals surface area contributed by atoms with E-state index in [9.17, 15) is 14.9 Å². The summed E-state index contributed by atoms with van der Waals surface area (Å²) in [5.41, 5.74) is 4.15.